The number of aryl methyl sites for hydroxylation is 1. The third kappa shape index (κ3) is 3.59. The van der Waals surface area contributed by atoms with E-state index in [1.165, 1.54) is 11.9 Å². The van der Waals surface area contributed by atoms with Gasteiger partial charge in [0.1, 0.15) is 27.9 Å². The van der Waals surface area contributed by atoms with Crippen molar-refractivity contribution in [1.82, 2.24) is 39.2 Å². The van der Waals surface area contributed by atoms with Gasteiger partial charge in [0.25, 0.3) is 0 Å². The highest BCUT2D eigenvalue weighted by Crippen LogP contribution is 2.26. The molecule has 0 amide bonds. The van der Waals surface area contributed by atoms with E-state index in [1.54, 1.807) is 4.68 Å². The molecule has 0 bridgehead atoms. The quantitative estimate of drug-likeness (QED) is 0.398. The normalized spacial score (nSPS) is 15.6. The summed E-state index contributed by atoms with van der Waals surface area (Å²) in [5.74, 6) is 2.10. The minimum atomic E-state index is 0.405. The van der Waals surface area contributed by atoms with Crippen LogP contribution in [0.2, 0.25) is 0 Å². The van der Waals surface area contributed by atoms with E-state index < -0.39 is 0 Å². The minimum absolute atomic E-state index is 0.405. The van der Waals surface area contributed by atoms with Gasteiger partial charge in [0.05, 0.1) is 5.39 Å². The minimum Gasteiger partial charge on any atom is -0.383 e. The van der Waals surface area contributed by atoms with Crippen molar-refractivity contribution in [3.8, 4) is 0 Å². The van der Waals surface area contributed by atoms with Crippen molar-refractivity contribution in [2.45, 2.75) is 33.4 Å². The Morgan fingerprint density at radius 1 is 1.13 bits per heavy atom. The summed E-state index contributed by atoms with van der Waals surface area (Å²) in [7, 11) is 0. The van der Waals surface area contributed by atoms with Gasteiger partial charge in [-0.25, -0.2) is 24.1 Å². The molecule has 4 aromatic rings. The lowest BCUT2D eigenvalue weighted by atomic mass is 10.2. The van der Waals surface area contributed by atoms with Gasteiger partial charge in [-0.2, -0.15) is 10.2 Å². The number of nitrogen functional groups attached to an aromatic ring is 1. The van der Waals surface area contributed by atoms with Gasteiger partial charge in [0.2, 0.25) is 0 Å². The Hall–Kier alpha value is -2.54. The zero-order valence-electron chi connectivity index (χ0n) is 17.8. The summed E-state index contributed by atoms with van der Waals surface area (Å²) < 4.78 is 4.50. The SMILES string of the molecule is Cc1ccn2nc(Cn3nc(I)c4c(N)ncnc43)nc(N3CCN(C(C)C)CC3)c12. The van der Waals surface area contributed by atoms with Gasteiger partial charge in [-0.1, -0.05) is 0 Å². The molecule has 1 fully saturated rings. The Bertz CT molecular complexity index is 1250. The van der Waals surface area contributed by atoms with Crippen LogP contribution in [0.4, 0.5) is 11.6 Å². The number of anilines is 2. The van der Waals surface area contributed by atoms with Crippen molar-refractivity contribution < 1.29 is 0 Å². The van der Waals surface area contributed by atoms with E-state index in [-0.39, 0.29) is 0 Å². The molecular weight excluding hydrogens is 507 g/mol. The molecule has 0 aliphatic carbocycles. The predicted molar refractivity (Wildman–Crippen MR) is 128 cm³/mol. The molecule has 1 saturated heterocycles. The number of aromatic nitrogens is 7. The number of hydrogen-bond acceptors (Lipinski definition) is 8. The van der Waals surface area contributed by atoms with Crippen LogP contribution < -0.4 is 10.6 Å². The van der Waals surface area contributed by atoms with Gasteiger partial charge in [0, 0.05) is 38.4 Å². The highest BCUT2D eigenvalue weighted by Gasteiger charge is 2.24. The van der Waals surface area contributed by atoms with E-state index in [1.807, 2.05) is 10.7 Å². The van der Waals surface area contributed by atoms with Crippen LogP contribution in [0.5, 0.6) is 0 Å². The molecule has 5 heterocycles. The molecule has 0 atom stereocenters. The molecule has 1 aliphatic heterocycles. The fourth-order valence-electron chi connectivity index (χ4n) is 4.17. The van der Waals surface area contributed by atoms with Gasteiger partial charge < -0.3 is 10.6 Å². The van der Waals surface area contributed by atoms with Gasteiger partial charge in [-0.15, -0.1) is 0 Å². The highest BCUT2D eigenvalue weighted by atomic mass is 127. The maximum absolute atomic E-state index is 6.04. The smallest absolute Gasteiger partial charge is 0.173 e. The molecule has 2 N–H and O–H groups in total. The molecule has 5 rings (SSSR count). The molecule has 31 heavy (non-hydrogen) atoms. The zero-order chi connectivity index (χ0) is 21.7. The molecule has 10 nitrogen and oxygen atoms in total. The number of piperazine rings is 1. The molecule has 0 unspecified atom stereocenters. The first-order valence-corrected chi connectivity index (χ1v) is 11.5. The van der Waals surface area contributed by atoms with Gasteiger partial charge in [0.15, 0.2) is 17.3 Å². The first-order valence-electron chi connectivity index (χ1n) is 10.4. The van der Waals surface area contributed by atoms with E-state index in [2.05, 4.69) is 74.3 Å². The number of nitrogens with zero attached hydrogens (tertiary/aromatic N) is 9. The van der Waals surface area contributed by atoms with E-state index in [0.717, 1.165) is 46.6 Å². The Balaban J connectivity index is 1.53. The van der Waals surface area contributed by atoms with E-state index in [0.29, 0.717) is 29.9 Å². The molecule has 0 aromatic carbocycles. The first kappa shape index (κ1) is 20.4. The summed E-state index contributed by atoms with van der Waals surface area (Å²) in [6, 6.07) is 2.64. The molecule has 1 aliphatic rings. The fraction of sp³-hybridized carbons (Fsp3) is 0.450. The summed E-state index contributed by atoms with van der Waals surface area (Å²) in [5.41, 5.74) is 8.97. The Labute approximate surface area is 193 Å². The maximum Gasteiger partial charge on any atom is 0.173 e. The second-order valence-corrected chi connectivity index (χ2v) is 9.19. The number of nitrogens with two attached hydrogens (primary N) is 1. The number of rotatable bonds is 4. The lowest BCUT2D eigenvalue weighted by Crippen LogP contribution is -2.49. The van der Waals surface area contributed by atoms with Crippen LogP contribution in [-0.4, -0.2) is 71.5 Å². The molecule has 0 radical (unpaired) electrons. The Morgan fingerprint density at radius 3 is 2.65 bits per heavy atom. The number of hydrogen-bond donors (Lipinski definition) is 1. The lowest BCUT2D eigenvalue weighted by Gasteiger charge is -2.37. The molecule has 0 saturated carbocycles. The second kappa shape index (κ2) is 7.86. The zero-order valence-corrected chi connectivity index (χ0v) is 20.0. The molecular formula is C20H25IN10. The molecule has 0 spiro atoms. The summed E-state index contributed by atoms with van der Waals surface area (Å²) in [5, 5.41) is 10.1. The van der Waals surface area contributed by atoms with Crippen LogP contribution in [0.15, 0.2) is 18.6 Å². The summed E-state index contributed by atoms with van der Waals surface area (Å²) in [6.45, 7) is 11.0. The third-order valence-corrected chi connectivity index (χ3v) is 6.64. The average Bonchev–Trinajstić information content (AvgIpc) is 3.28. The summed E-state index contributed by atoms with van der Waals surface area (Å²) in [6.07, 6.45) is 3.46. The molecule has 4 aromatic heterocycles. The van der Waals surface area contributed by atoms with Gasteiger partial charge >= 0.3 is 0 Å². The summed E-state index contributed by atoms with van der Waals surface area (Å²) >= 11 is 2.16. The van der Waals surface area contributed by atoms with Crippen molar-refractivity contribution >= 4 is 50.8 Å². The van der Waals surface area contributed by atoms with E-state index in [9.17, 15) is 0 Å². The summed E-state index contributed by atoms with van der Waals surface area (Å²) in [4.78, 5) is 18.4. The van der Waals surface area contributed by atoms with Crippen LogP contribution >= 0.6 is 22.6 Å². The van der Waals surface area contributed by atoms with Crippen molar-refractivity contribution in [3.63, 3.8) is 0 Å². The third-order valence-electron chi connectivity index (χ3n) is 5.89. The largest absolute Gasteiger partial charge is 0.383 e. The van der Waals surface area contributed by atoms with Gasteiger partial charge in [-0.05, 0) is 55.0 Å². The fourth-order valence-corrected chi connectivity index (χ4v) is 4.95. The van der Waals surface area contributed by atoms with Crippen LogP contribution in [0.3, 0.4) is 0 Å². The van der Waals surface area contributed by atoms with Crippen LogP contribution in [0, 0.1) is 10.6 Å². The lowest BCUT2D eigenvalue weighted by molar-refractivity contribution is 0.209. The van der Waals surface area contributed by atoms with Crippen molar-refractivity contribution in [3.05, 3.63) is 33.7 Å². The number of fused-ring (bicyclic) bond motifs is 2. The first-order chi connectivity index (χ1) is 14.9. The van der Waals surface area contributed by atoms with Gasteiger partial charge in [-0.3, -0.25) is 4.90 Å². The maximum atomic E-state index is 6.04. The predicted octanol–water partition coefficient (Wildman–Crippen LogP) is 1.94. The highest BCUT2D eigenvalue weighted by molar-refractivity contribution is 14.1. The monoisotopic (exact) mass is 532 g/mol. The average molecular weight is 532 g/mol. The molecule has 11 heteroatoms. The second-order valence-electron chi connectivity index (χ2n) is 8.17. The van der Waals surface area contributed by atoms with Crippen molar-refractivity contribution in [1.29, 1.82) is 0 Å². The van der Waals surface area contributed by atoms with Crippen molar-refractivity contribution in [2.75, 3.05) is 36.8 Å². The standard InChI is InChI=1S/C20H25IN10/c1-12(2)28-6-8-29(9-7-28)20-16-13(3)4-5-30(16)26-14(25-20)10-31-19-15(17(21)27-31)18(22)23-11-24-19/h4-5,11-12H,6-10H2,1-3H3,(H2,22,23,24). The molecule has 162 valence electrons. The van der Waals surface area contributed by atoms with Crippen LogP contribution in [0.1, 0.15) is 25.2 Å². The number of halogens is 1. The van der Waals surface area contributed by atoms with E-state index in [4.69, 9.17) is 15.8 Å². The topological polar surface area (TPSA) is 106 Å². The Morgan fingerprint density at radius 2 is 1.90 bits per heavy atom. The van der Waals surface area contributed by atoms with Crippen LogP contribution in [0.25, 0.3) is 16.6 Å². The van der Waals surface area contributed by atoms with Crippen molar-refractivity contribution in [2.24, 2.45) is 0 Å². The van der Waals surface area contributed by atoms with E-state index >= 15 is 0 Å². The Kier molecular flexibility index (Phi) is 5.16. The van der Waals surface area contributed by atoms with Crippen LogP contribution in [-0.2, 0) is 6.54 Å².